The minimum absolute atomic E-state index is 0. The molecular formula is C42H55F6N6NaO12. The number of carbonyl (C=O) groups is 4. The number of hydrogen-bond acceptors (Lipinski definition) is 13. The second-order valence-electron chi connectivity index (χ2n) is 14.9. The molecule has 67 heavy (non-hydrogen) atoms. The van der Waals surface area contributed by atoms with Gasteiger partial charge in [0, 0.05) is 57.5 Å². The van der Waals surface area contributed by atoms with E-state index in [1.165, 1.54) is 48.1 Å². The third-order valence-corrected chi connectivity index (χ3v) is 10.7. The number of amides is 4. The molecule has 3 N–H and O–H groups in total. The molecular weight excluding hydrogens is 917 g/mol. The number of urea groups is 2. The Morgan fingerprint density at radius 2 is 1.10 bits per heavy atom. The average molecular weight is 973 g/mol. The van der Waals surface area contributed by atoms with E-state index in [0.717, 1.165) is 7.11 Å². The van der Waals surface area contributed by atoms with E-state index in [2.05, 4.69) is 10.3 Å². The van der Waals surface area contributed by atoms with Crippen LogP contribution in [0.2, 0.25) is 0 Å². The summed E-state index contributed by atoms with van der Waals surface area (Å²) < 4.78 is 105. The zero-order chi connectivity index (χ0) is 48.2. The van der Waals surface area contributed by atoms with E-state index in [0.29, 0.717) is 100 Å². The number of hydrogen-bond donors (Lipinski definition) is 2. The Labute approximate surface area is 404 Å². The first-order valence-electron chi connectivity index (χ1n) is 20.9. The molecule has 2 aromatic heterocycles. The molecule has 2 aliphatic rings. The molecule has 0 spiro atoms. The molecule has 4 heterocycles. The van der Waals surface area contributed by atoms with Crippen LogP contribution in [0.15, 0.2) is 33.3 Å². The van der Waals surface area contributed by atoms with Gasteiger partial charge in [-0.25, -0.2) is 19.2 Å². The summed E-state index contributed by atoms with van der Waals surface area (Å²) in [5, 5.41) is 22.3. The largest absolute Gasteiger partial charge is 1.00 e. The number of nitrogens with zero attached hydrogens (tertiary/aromatic N) is 6. The Balaban J connectivity index is 0.000000431. The fourth-order valence-electron chi connectivity index (χ4n) is 7.38. The van der Waals surface area contributed by atoms with Gasteiger partial charge < -0.3 is 58.5 Å². The Hall–Kier alpha value is -5.04. The number of aryl methyl sites for hydroxylation is 2. The van der Waals surface area contributed by atoms with Crippen LogP contribution in [-0.4, -0.2) is 148 Å². The number of benzene rings is 2. The van der Waals surface area contributed by atoms with E-state index >= 15 is 0 Å². The van der Waals surface area contributed by atoms with E-state index in [1.807, 2.05) is 13.8 Å². The van der Waals surface area contributed by atoms with E-state index in [1.54, 1.807) is 16.7 Å². The number of rotatable bonds is 18. The van der Waals surface area contributed by atoms with Gasteiger partial charge in [0.1, 0.15) is 23.6 Å². The number of carboxylic acids is 1. The van der Waals surface area contributed by atoms with Crippen LogP contribution in [0.3, 0.4) is 0 Å². The van der Waals surface area contributed by atoms with Gasteiger partial charge in [0.25, 0.3) is 0 Å². The fraction of sp³-hybridized carbons (Fsp3) is 0.571. The monoisotopic (exact) mass is 972 g/mol. The van der Waals surface area contributed by atoms with E-state index in [9.17, 15) is 45.5 Å². The fourth-order valence-corrected chi connectivity index (χ4v) is 7.38. The van der Waals surface area contributed by atoms with Crippen LogP contribution in [0, 0.1) is 0 Å². The van der Waals surface area contributed by atoms with Gasteiger partial charge in [-0.15, -0.1) is 0 Å². The second-order valence-corrected chi connectivity index (χ2v) is 14.9. The minimum Gasteiger partial charge on any atom is -0.870 e. The normalized spacial score (nSPS) is 14.8. The Bertz CT molecular complexity index is 2260. The number of carbonyl (C=O) groups excluding carboxylic acids is 3. The summed E-state index contributed by atoms with van der Waals surface area (Å²) in [5.41, 5.74) is -0.877. The number of carboxylic acid groups (broad SMARTS) is 1. The van der Waals surface area contributed by atoms with E-state index < -0.39 is 47.8 Å². The van der Waals surface area contributed by atoms with Gasteiger partial charge in [0.2, 0.25) is 0 Å². The van der Waals surface area contributed by atoms with Gasteiger partial charge in [-0.3, -0.25) is 0 Å². The van der Waals surface area contributed by atoms with Crippen molar-refractivity contribution in [2.24, 2.45) is 0 Å². The molecule has 2 aromatic carbocycles. The number of aliphatic carboxylic acids is 1. The Kier molecular flexibility index (Phi) is 22.5. The van der Waals surface area contributed by atoms with Crippen molar-refractivity contribution in [3.05, 3.63) is 46.8 Å². The molecule has 2 atom stereocenters. The van der Waals surface area contributed by atoms with Crippen LogP contribution < -0.4 is 39.0 Å². The summed E-state index contributed by atoms with van der Waals surface area (Å²) in [7, 11) is 2.28. The minimum atomic E-state index is -4.61. The molecule has 2 aliphatic heterocycles. The van der Waals surface area contributed by atoms with Crippen molar-refractivity contribution in [2.45, 2.75) is 90.7 Å². The number of fused-ring (bicyclic) bond motifs is 2. The van der Waals surface area contributed by atoms with Crippen LogP contribution in [0.25, 0.3) is 21.9 Å². The predicted octanol–water partition coefficient (Wildman–Crippen LogP) is 4.08. The molecule has 0 bridgehead atoms. The molecule has 2 unspecified atom stereocenters. The summed E-state index contributed by atoms with van der Waals surface area (Å²) in [6.07, 6.45) is -5.90. The summed E-state index contributed by atoms with van der Waals surface area (Å²) in [5.74, 6) is -0.659. The van der Waals surface area contributed by atoms with Crippen molar-refractivity contribution in [2.75, 3.05) is 66.7 Å². The van der Waals surface area contributed by atoms with Gasteiger partial charge >= 0.3 is 65.9 Å². The molecule has 4 amide bonds. The van der Waals surface area contributed by atoms with Crippen molar-refractivity contribution in [3.8, 4) is 11.5 Å². The van der Waals surface area contributed by atoms with Crippen molar-refractivity contribution < 1.29 is 114 Å². The number of methoxy groups -OCH3 is 1. The smallest absolute Gasteiger partial charge is 0.870 e. The Morgan fingerprint density at radius 3 is 1.45 bits per heavy atom. The van der Waals surface area contributed by atoms with Crippen molar-refractivity contribution in [3.63, 3.8) is 0 Å². The first-order valence-corrected chi connectivity index (χ1v) is 20.9. The quantitative estimate of drug-likeness (QED) is 0.0620. The van der Waals surface area contributed by atoms with Gasteiger partial charge in [-0.1, -0.05) is 37.0 Å². The average Bonchev–Trinajstić information content (AvgIpc) is 4.08. The molecule has 0 aliphatic carbocycles. The number of alkyl halides is 6. The van der Waals surface area contributed by atoms with Crippen molar-refractivity contribution in [1.29, 1.82) is 0 Å². The van der Waals surface area contributed by atoms with Gasteiger partial charge in [-0.2, -0.15) is 26.3 Å². The predicted molar refractivity (Wildman–Crippen MR) is 222 cm³/mol. The number of esters is 1. The maximum atomic E-state index is 13.1. The molecule has 368 valence electrons. The number of aliphatic hydroxyl groups excluding tert-OH is 1. The van der Waals surface area contributed by atoms with Gasteiger partial charge in [0.05, 0.1) is 31.1 Å². The molecule has 2 saturated heterocycles. The van der Waals surface area contributed by atoms with E-state index in [4.69, 9.17) is 33.5 Å². The summed E-state index contributed by atoms with van der Waals surface area (Å²) in [6, 6.07) is 3.47. The standard InChI is InChI=1S/C21H26F3N3O5.C20H24F3N3O5.CH4O.Na.H2O/c1-4-6-14-16(8-7-15-17(14)32-25-18(15)21(22,23)24)31-12-5-9-26-10-11-27(20(26)29)13(2)19(28)30-3;1-3-5-13-15(7-6-14-16(13)31-24-17(14)20(21,22)23)30-11-4-8-25-9-10-26(19(25)29)12(2)18(27)28;1-2;;/h7-8,13H,4-6,9-12H2,1-3H3;6-7,12H,3-5,8-11H2,1-2H3,(H,27,28);2H,1H3;;1H2/q;;;+1;/p-1. The van der Waals surface area contributed by atoms with Gasteiger partial charge in [0.15, 0.2) is 22.6 Å². The first-order chi connectivity index (χ1) is 30.8. The van der Waals surface area contributed by atoms with E-state index in [-0.39, 0.29) is 82.2 Å². The second kappa shape index (κ2) is 25.9. The molecule has 25 heteroatoms. The maximum Gasteiger partial charge on any atom is 1.00 e. The molecule has 2 fully saturated rings. The van der Waals surface area contributed by atoms with Crippen LogP contribution in [0.1, 0.15) is 75.9 Å². The summed E-state index contributed by atoms with van der Waals surface area (Å²) in [4.78, 5) is 53.5. The number of halogens is 6. The van der Waals surface area contributed by atoms with Crippen LogP contribution in [0.5, 0.6) is 11.5 Å². The maximum absolute atomic E-state index is 13.1. The van der Waals surface area contributed by atoms with Crippen molar-refractivity contribution >= 4 is 45.9 Å². The van der Waals surface area contributed by atoms with Crippen LogP contribution in [-0.2, 0) is 39.5 Å². The first kappa shape index (κ1) is 58.1. The summed E-state index contributed by atoms with van der Waals surface area (Å²) in [6.45, 7) is 9.89. The molecule has 18 nitrogen and oxygen atoms in total. The number of ether oxygens (including phenoxy) is 3. The topological polar surface area (TPSA) is 231 Å². The third kappa shape index (κ3) is 14.0. The SMILES string of the molecule is CCCc1c(OCCCN2CCN(C(C)C(=O)O)C2=O)ccc2c(C(F)(F)F)noc12.CCCc1c(OCCCN2CCN(C(C)C(=O)OC)C2=O)ccc2c(C(F)(F)F)noc12.CO.[Na+].[OH-]. The van der Waals surface area contributed by atoms with Crippen LogP contribution in [0.4, 0.5) is 35.9 Å². The number of aromatic nitrogens is 2. The molecule has 0 saturated carbocycles. The zero-order valence-corrected chi connectivity index (χ0v) is 40.3. The molecule has 0 radical (unpaired) electrons. The van der Waals surface area contributed by atoms with Gasteiger partial charge in [-0.05, 0) is 63.8 Å². The summed E-state index contributed by atoms with van der Waals surface area (Å²) >= 11 is 0. The van der Waals surface area contributed by atoms with Crippen LogP contribution >= 0.6 is 0 Å². The molecule has 6 rings (SSSR count). The third-order valence-electron chi connectivity index (χ3n) is 10.7. The Morgan fingerprint density at radius 1 is 0.716 bits per heavy atom. The zero-order valence-electron chi connectivity index (χ0n) is 38.3. The number of aliphatic hydroxyl groups is 1. The molecule has 4 aromatic rings. The van der Waals surface area contributed by atoms with Crippen molar-refractivity contribution in [1.82, 2.24) is 29.9 Å².